The van der Waals surface area contributed by atoms with Crippen LogP contribution in [-0.2, 0) is 14.2 Å². The van der Waals surface area contributed by atoms with Crippen molar-refractivity contribution in [2.45, 2.75) is 61.8 Å². The van der Waals surface area contributed by atoms with Crippen LogP contribution < -0.4 is 4.74 Å². The Hall–Kier alpha value is 8.11. The van der Waals surface area contributed by atoms with Gasteiger partial charge in [0.25, 0.3) is 5.69 Å². The maximum atomic E-state index is 10.7. The van der Waals surface area contributed by atoms with E-state index >= 15 is 0 Å². The van der Waals surface area contributed by atoms with Crippen LogP contribution in [0.15, 0.2) is 24.3 Å². The van der Waals surface area contributed by atoms with Crippen LogP contribution in [0.3, 0.4) is 0 Å². The van der Waals surface area contributed by atoms with Crippen LogP contribution in [0.1, 0.15) is 0 Å². The van der Waals surface area contributed by atoms with Crippen LogP contribution in [0.4, 0.5) is 5.69 Å². The molecule has 14 nitrogen and oxygen atoms in total. The normalized spacial score (nSPS) is 34.0. The van der Waals surface area contributed by atoms with E-state index in [0.717, 1.165) is 12.1 Å². The van der Waals surface area contributed by atoms with Crippen LogP contribution >= 0.6 is 0 Å². The molecule has 0 saturated carbocycles. The molecule has 10 atom stereocenters. The molecule has 2 fully saturated rings. The maximum Gasteiger partial charge on any atom is 0.269 e. The second-order valence-electron chi connectivity index (χ2n) is 6.71. The third-order valence-electron chi connectivity index (χ3n) is 4.66. The Morgan fingerprint density at radius 3 is 1.59 bits per heavy atom. The van der Waals surface area contributed by atoms with Crippen LogP contribution in [0.25, 0.3) is 0 Å². The summed E-state index contributed by atoms with van der Waals surface area (Å²) in [7, 11) is 0. The fourth-order valence-electron chi connectivity index (χ4n) is 2.94. The van der Waals surface area contributed by atoms with Crippen molar-refractivity contribution in [3.8, 4) is 5.75 Å². The summed E-state index contributed by atoms with van der Waals surface area (Å²) in [5.74, 6) is 0.0367. The number of hydrogen-bond acceptors (Lipinski definition) is 13. The quantitative estimate of drug-likeness (QED) is 0.113. The molecule has 2 heterocycles. The summed E-state index contributed by atoms with van der Waals surface area (Å²) in [6.07, 6.45) is -18.0. The Kier molecular flexibility index (Phi) is 39.8. The van der Waals surface area contributed by atoms with Crippen molar-refractivity contribution < 1.29 is 368 Å². The number of nitrogens with zero attached hydrogens (tertiary/aromatic N) is 1. The standard InChI is InChI=1S/C16H21NO13.7Ac/c18-7-9(20)13(23)29-16(10(7)21)28-12-8(19)11(22)15(30-14(12)24)27-6-3-1-5(2-4-6)17(25)26;;;;;;;/h1-4,7-16,18-24H;;;;;;;/t7-,8+,9-,10+,11+,12?,13-,14-,15+,16+;;;;;;;/m0......./s1. The smallest absolute Gasteiger partial charge is 0.269 e. The Labute approximate surface area is 462 Å². The molecule has 0 amide bonds. The molecule has 7 radical (unpaired) electrons. The van der Waals surface area contributed by atoms with Crippen LogP contribution in [0.2, 0.25) is 0 Å². The Balaban J connectivity index is -0.000000488. The average Bonchev–Trinajstić information content (AvgIpc) is 2.71. The average molecular weight is 2020 g/mol. The van der Waals surface area contributed by atoms with E-state index in [1.165, 1.54) is 12.1 Å². The first-order chi connectivity index (χ1) is 14.1. The molecule has 3 rings (SSSR count). The minimum Gasteiger partial charge on any atom is -0.462 e. The number of aliphatic hydroxyl groups excluding tert-OH is 7. The minimum atomic E-state index is -1.92. The summed E-state index contributed by atoms with van der Waals surface area (Å²) in [4.78, 5) is 10.0. The molecule has 0 aromatic heterocycles. The van der Waals surface area contributed by atoms with Crippen molar-refractivity contribution in [3.05, 3.63) is 34.4 Å². The SMILES string of the molecule is O=[N+]([O-])c1ccc(O[C@@H]2O[C@H](O)C(O[C@@H]3O[C@H](O)[C@@H](O)[C@H](O)[C@H]3O)[C@H](O)[C@H]2O)cc1.[Ac].[Ac].[Ac].[Ac].[Ac].[Ac].[Ac]. The molecular formula is C16H21Ac7NO13. The van der Waals surface area contributed by atoms with Gasteiger partial charge in [0.1, 0.15) is 42.4 Å². The first-order valence-electron chi connectivity index (χ1n) is 8.74. The Morgan fingerprint density at radius 2 is 1.11 bits per heavy atom. The Bertz CT molecular complexity index is 758. The van der Waals surface area contributed by atoms with Gasteiger partial charge in [0.2, 0.25) is 6.29 Å². The summed E-state index contributed by atoms with van der Waals surface area (Å²) in [5.41, 5.74) is -0.207. The van der Waals surface area contributed by atoms with Gasteiger partial charge in [0.05, 0.1) is 4.92 Å². The van der Waals surface area contributed by atoms with E-state index in [1.54, 1.807) is 0 Å². The van der Waals surface area contributed by atoms with Gasteiger partial charge in [0.15, 0.2) is 18.9 Å². The van der Waals surface area contributed by atoms with Gasteiger partial charge in [-0.15, -0.1) is 0 Å². The van der Waals surface area contributed by atoms with Gasteiger partial charge in [-0.05, 0) is 12.1 Å². The number of nitro benzene ring substituents is 1. The van der Waals surface area contributed by atoms with Gasteiger partial charge in [-0.2, -0.15) is 0 Å². The van der Waals surface area contributed by atoms with Crippen LogP contribution in [0, 0.1) is 319 Å². The van der Waals surface area contributed by atoms with E-state index in [1.807, 2.05) is 0 Å². The fraction of sp³-hybridized carbons (Fsp3) is 0.625. The third-order valence-corrected chi connectivity index (χ3v) is 4.66. The van der Waals surface area contributed by atoms with Gasteiger partial charge in [-0.25, -0.2) is 0 Å². The van der Waals surface area contributed by atoms with Gasteiger partial charge < -0.3 is 54.7 Å². The van der Waals surface area contributed by atoms with E-state index in [0.29, 0.717) is 0 Å². The summed E-state index contributed by atoms with van der Waals surface area (Å²) in [5, 5.41) is 79.8. The Morgan fingerprint density at radius 1 is 0.649 bits per heavy atom. The summed E-state index contributed by atoms with van der Waals surface area (Å²) in [6.45, 7) is 0. The monoisotopic (exact) mass is 2020 g/mol. The largest absolute Gasteiger partial charge is 0.462 e. The molecule has 0 spiro atoms. The molecule has 1 aromatic rings. The molecule has 2 aliphatic heterocycles. The van der Waals surface area contributed by atoms with Gasteiger partial charge in [0, 0.05) is 321 Å². The van der Waals surface area contributed by atoms with Crippen molar-refractivity contribution in [3.63, 3.8) is 0 Å². The van der Waals surface area contributed by atoms with Crippen molar-refractivity contribution in [1.29, 1.82) is 0 Å². The molecule has 1 unspecified atom stereocenters. The number of aliphatic hydroxyl groups is 7. The van der Waals surface area contributed by atoms with E-state index in [2.05, 4.69) is 0 Å². The molecular weight excluding hydrogens is 2000 g/mol. The molecule has 2 saturated heterocycles. The molecule has 1 aromatic carbocycles. The number of non-ortho nitro benzene ring substituents is 1. The van der Waals surface area contributed by atoms with Gasteiger partial charge in [-0.3, -0.25) is 10.1 Å². The molecule has 21 heteroatoms. The van der Waals surface area contributed by atoms with Gasteiger partial charge in [-0.1, -0.05) is 0 Å². The summed E-state index contributed by atoms with van der Waals surface area (Å²) >= 11 is 0. The van der Waals surface area contributed by atoms with Crippen LogP contribution in [0.5, 0.6) is 5.75 Å². The van der Waals surface area contributed by atoms with Crippen molar-refractivity contribution in [1.82, 2.24) is 0 Å². The topological polar surface area (TPSA) is 222 Å². The maximum absolute atomic E-state index is 10.7. The van der Waals surface area contributed by atoms with Crippen molar-refractivity contribution in [2.75, 3.05) is 0 Å². The summed E-state index contributed by atoms with van der Waals surface area (Å²) in [6, 6.07) is 4.71. The number of benzene rings is 1. The van der Waals surface area contributed by atoms with Gasteiger partial charge >= 0.3 is 0 Å². The van der Waals surface area contributed by atoms with E-state index < -0.39 is 66.7 Å². The molecule has 0 aliphatic carbocycles. The molecule has 189 valence electrons. The van der Waals surface area contributed by atoms with E-state index in [9.17, 15) is 45.9 Å². The summed E-state index contributed by atoms with van der Waals surface area (Å²) < 4.78 is 20.3. The van der Waals surface area contributed by atoms with E-state index in [4.69, 9.17) is 18.9 Å². The number of ether oxygens (including phenoxy) is 4. The zero-order valence-electron chi connectivity index (χ0n) is 19.2. The first-order valence-corrected chi connectivity index (χ1v) is 8.74. The molecule has 37 heavy (non-hydrogen) atoms. The van der Waals surface area contributed by atoms with Crippen LogP contribution in [-0.4, -0.2) is 102 Å². The predicted molar refractivity (Wildman–Crippen MR) is 90.4 cm³/mol. The van der Waals surface area contributed by atoms with Crippen molar-refractivity contribution >= 4 is 5.69 Å². The van der Waals surface area contributed by atoms with Crippen molar-refractivity contribution in [2.24, 2.45) is 0 Å². The first kappa shape index (κ1) is 54.6. The zero-order valence-corrected chi connectivity index (χ0v) is 52.4. The fourth-order valence-corrected chi connectivity index (χ4v) is 2.94. The number of nitro groups is 1. The zero-order chi connectivity index (χ0) is 22.2. The molecule has 0 bridgehead atoms. The third kappa shape index (κ3) is 15.9. The minimum absolute atomic E-state index is 0. The molecule has 7 N–H and O–H groups in total. The van der Waals surface area contributed by atoms with E-state index in [-0.39, 0.29) is 320 Å². The number of rotatable bonds is 5. The second kappa shape index (κ2) is 27.0. The predicted octanol–water partition coefficient (Wildman–Crippen LogP) is -3.49. The molecule has 2 aliphatic rings. The number of hydrogen-bond donors (Lipinski definition) is 7. The second-order valence-corrected chi connectivity index (χ2v) is 6.71.